The molecule has 2 aromatic rings. The van der Waals surface area contributed by atoms with Crippen LogP contribution in [0.3, 0.4) is 0 Å². The second kappa shape index (κ2) is 7.14. The summed E-state index contributed by atoms with van der Waals surface area (Å²) in [4.78, 5) is 5.75. The zero-order chi connectivity index (χ0) is 13.0. The Morgan fingerprint density at radius 1 is 1.22 bits per heavy atom. The normalized spacial score (nSPS) is 10.8. The van der Waals surface area contributed by atoms with Crippen LogP contribution in [0.4, 0.5) is 0 Å². The minimum Gasteiger partial charge on any atom is -0.311 e. The molecule has 0 aliphatic heterocycles. The first-order valence-corrected chi connectivity index (χ1v) is 8.59. The Balaban J connectivity index is 1.78. The van der Waals surface area contributed by atoms with Gasteiger partial charge in [0.15, 0.2) is 0 Å². The summed E-state index contributed by atoms with van der Waals surface area (Å²) in [7, 11) is 0. The summed E-state index contributed by atoms with van der Waals surface area (Å²) in [5.74, 6) is 0. The Morgan fingerprint density at radius 2 is 2.06 bits per heavy atom. The number of hydrogen-bond donors (Lipinski definition) is 1. The van der Waals surface area contributed by atoms with Crippen LogP contribution in [-0.4, -0.2) is 11.5 Å². The van der Waals surface area contributed by atoms with E-state index in [-0.39, 0.29) is 0 Å². The smallest absolute Gasteiger partial charge is 0.0701 e. The van der Waals surface area contributed by atoms with Gasteiger partial charge >= 0.3 is 0 Å². The van der Waals surface area contributed by atoms with Crippen LogP contribution in [0.25, 0.3) is 0 Å². The van der Waals surface area contributed by atoms with E-state index < -0.39 is 0 Å². The lowest BCUT2D eigenvalue weighted by Gasteiger charge is -2.05. The standard InChI is InChI=1S/C12H11Br3N2S/c13-8-5-10(14)11(17-6-8)7-16-4-3-9-1-2-12(15)18-9/h1-2,5-6,16H,3-4,7H2. The van der Waals surface area contributed by atoms with Crippen LogP contribution in [0.1, 0.15) is 10.6 Å². The van der Waals surface area contributed by atoms with Gasteiger partial charge in [-0.25, -0.2) is 0 Å². The van der Waals surface area contributed by atoms with Crippen LogP contribution in [0, 0.1) is 0 Å². The molecule has 0 amide bonds. The maximum absolute atomic E-state index is 4.37. The van der Waals surface area contributed by atoms with Crippen LogP contribution in [0.2, 0.25) is 0 Å². The van der Waals surface area contributed by atoms with Crippen molar-refractivity contribution in [1.29, 1.82) is 0 Å². The number of halogens is 3. The minimum atomic E-state index is 0.778. The van der Waals surface area contributed by atoms with E-state index in [2.05, 4.69) is 70.2 Å². The molecule has 0 atom stereocenters. The van der Waals surface area contributed by atoms with Gasteiger partial charge in [-0.15, -0.1) is 11.3 Å². The largest absolute Gasteiger partial charge is 0.311 e. The van der Waals surface area contributed by atoms with Crippen LogP contribution in [0.15, 0.2) is 37.1 Å². The van der Waals surface area contributed by atoms with E-state index in [9.17, 15) is 0 Å². The van der Waals surface area contributed by atoms with Gasteiger partial charge in [0.2, 0.25) is 0 Å². The van der Waals surface area contributed by atoms with Gasteiger partial charge in [0.25, 0.3) is 0 Å². The topological polar surface area (TPSA) is 24.9 Å². The molecule has 0 unspecified atom stereocenters. The SMILES string of the molecule is Brc1cnc(CNCCc2ccc(Br)s2)c(Br)c1. The van der Waals surface area contributed by atoms with Crippen molar-refractivity contribution in [1.82, 2.24) is 10.3 Å². The van der Waals surface area contributed by atoms with E-state index in [1.165, 1.54) is 8.66 Å². The molecular weight excluding hydrogens is 444 g/mol. The number of nitrogens with one attached hydrogen (secondary N) is 1. The molecule has 2 aromatic heterocycles. The quantitative estimate of drug-likeness (QED) is 0.659. The highest BCUT2D eigenvalue weighted by atomic mass is 79.9. The van der Waals surface area contributed by atoms with E-state index in [4.69, 9.17) is 0 Å². The Bertz CT molecular complexity index is 528. The predicted octanol–water partition coefficient (Wildman–Crippen LogP) is 4.76. The fourth-order valence-corrected chi connectivity index (χ4v) is 4.09. The van der Waals surface area contributed by atoms with Gasteiger partial charge in [-0.05, 0) is 72.4 Å². The van der Waals surface area contributed by atoms with Crippen molar-refractivity contribution in [3.05, 3.63) is 47.7 Å². The molecule has 18 heavy (non-hydrogen) atoms. The second-order valence-corrected chi connectivity index (χ2v) is 8.03. The Hall–Kier alpha value is 0.250. The summed E-state index contributed by atoms with van der Waals surface area (Å²) in [5.41, 5.74) is 1.03. The number of aromatic nitrogens is 1. The van der Waals surface area contributed by atoms with Crippen molar-refractivity contribution in [3.8, 4) is 0 Å². The molecule has 0 spiro atoms. The van der Waals surface area contributed by atoms with Crippen molar-refractivity contribution < 1.29 is 0 Å². The number of rotatable bonds is 5. The van der Waals surface area contributed by atoms with Crippen molar-refractivity contribution in [3.63, 3.8) is 0 Å². The Kier molecular flexibility index (Phi) is 5.82. The van der Waals surface area contributed by atoms with Gasteiger partial charge in [-0.2, -0.15) is 0 Å². The number of thiophene rings is 1. The molecule has 2 rings (SSSR count). The van der Waals surface area contributed by atoms with Crippen molar-refractivity contribution >= 4 is 59.1 Å². The first-order chi connectivity index (χ1) is 8.65. The second-order valence-electron chi connectivity index (χ2n) is 3.71. The average Bonchev–Trinajstić information content (AvgIpc) is 2.73. The maximum atomic E-state index is 4.37. The summed E-state index contributed by atoms with van der Waals surface area (Å²) >= 11 is 12.2. The molecule has 96 valence electrons. The van der Waals surface area contributed by atoms with Crippen molar-refractivity contribution in [2.24, 2.45) is 0 Å². The highest BCUT2D eigenvalue weighted by Crippen LogP contribution is 2.22. The molecule has 2 nitrogen and oxygen atoms in total. The molecule has 0 aromatic carbocycles. The van der Waals surface area contributed by atoms with Gasteiger partial charge in [-0.3, -0.25) is 4.98 Å². The van der Waals surface area contributed by atoms with Gasteiger partial charge in [0.05, 0.1) is 9.48 Å². The van der Waals surface area contributed by atoms with Crippen LogP contribution >= 0.6 is 59.1 Å². The van der Waals surface area contributed by atoms with E-state index >= 15 is 0 Å². The molecule has 0 fully saturated rings. The fourth-order valence-electron chi connectivity index (χ4n) is 1.48. The van der Waals surface area contributed by atoms with E-state index in [0.29, 0.717) is 0 Å². The lowest BCUT2D eigenvalue weighted by Crippen LogP contribution is -2.17. The third-order valence-electron chi connectivity index (χ3n) is 2.35. The average molecular weight is 455 g/mol. The molecule has 0 aliphatic rings. The highest BCUT2D eigenvalue weighted by Gasteiger charge is 2.02. The lowest BCUT2D eigenvalue weighted by atomic mass is 10.3. The molecule has 6 heteroatoms. The molecular formula is C12H11Br3N2S. The Labute approximate surface area is 136 Å². The number of nitrogens with zero attached hydrogens (tertiary/aromatic N) is 1. The summed E-state index contributed by atoms with van der Waals surface area (Å²) in [6.07, 6.45) is 2.86. The molecule has 0 radical (unpaired) electrons. The molecule has 0 bridgehead atoms. The predicted molar refractivity (Wildman–Crippen MR) is 87.1 cm³/mol. The monoisotopic (exact) mass is 452 g/mol. The summed E-state index contributed by atoms with van der Waals surface area (Å²) in [6.45, 7) is 1.73. The van der Waals surface area contributed by atoms with Gasteiger partial charge in [-0.1, -0.05) is 0 Å². The molecule has 0 aliphatic carbocycles. The zero-order valence-corrected chi connectivity index (χ0v) is 15.0. The summed E-state index contributed by atoms with van der Waals surface area (Å²) in [5, 5.41) is 3.40. The van der Waals surface area contributed by atoms with Crippen LogP contribution in [0.5, 0.6) is 0 Å². The molecule has 1 N–H and O–H groups in total. The first kappa shape index (κ1) is 14.7. The summed E-state index contributed by atoms with van der Waals surface area (Å²) in [6, 6.07) is 6.26. The molecule has 0 saturated heterocycles. The van der Waals surface area contributed by atoms with E-state index in [1.54, 1.807) is 11.3 Å². The van der Waals surface area contributed by atoms with E-state index in [1.807, 2.05) is 12.3 Å². The van der Waals surface area contributed by atoms with Crippen molar-refractivity contribution in [2.45, 2.75) is 13.0 Å². The number of pyridine rings is 1. The maximum Gasteiger partial charge on any atom is 0.0701 e. The highest BCUT2D eigenvalue weighted by molar-refractivity contribution is 9.11. The van der Waals surface area contributed by atoms with E-state index in [0.717, 1.165) is 34.1 Å². The third-order valence-corrected chi connectivity index (χ3v) is 5.16. The summed E-state index contributed by atoms with van der Waals surface area (Å²) < 4.78 is 3.21. The lowest BCUT2D eigenvalue weighted by molar-refractivity contribution is 0.675. The van der Waals surface area contributed by atoms with Crippen molar-refractivity contribution in [2.75, 3.05) is 6.54 Å². The van der Waals surface area contributed by atoms with Gasteiger partial charge < -0.3 is 5.32 Å². The Morgan fingerprint density at radius 3 is 2.72 bits per heavy atom. The molecule has 2 heterocycles. The van der Waals surface area contributed by atoms with Crippen LogP contribution < -0.4 is 5.32 Å². The van der Waals surface area contributed by atoms with Gasteiger partial charge in [0, 0.05) is 33.1 Å². The first-order valence-electron chi connectivity index (χ1n) is 5.40. The zero-order valence-electron chi connectivity index (χ0n) is 9.42. The number of hydrogen-bond acceptors (Lipinski definition) is 3. The van der Waals surface area contributed by atoms with Gasteiger partial charge in [0.1, 0.15) is 0 Å². The fraction of sp³-hybridized carbons (Fsp3) is 0.250. The third kappa shape index (κ3) is 4.42. The van der Waals surface area contributed by atoms with Crippen LogP contribution in [-0.2, 0) is 13.0 Å². The minimum absolute atomic E-state index is 0.778. The molecule has 0 saturated carbocycles.